The van der Waals surface area contributed by atoms with Gasteiger partial charge in [0.05, 0.1) is 11.9 Å². The Balaban J connectivity index is 2.41. The minimum absolute atomic E-state index is 0.00133. The minimum Gasteiger partial charge on any atom is -0.354 e. The molecule has 0 fully saturated rings. The molecule has 34 heavy (non-hydrogen) atoms. The average molecular weight is 593 g/mol. The van der Waals surface area contributed by atoms with E-state index in [1.54, 1.807) is 49.4 Å². The van der Waals surface area contributed by atoms with Crippen molar-refractivity contribution in [3.8, 4) is 0 Å². The number of hydrogen-bond donors (Lipinski definition) is 1. The molecule has 0 bridgehead atoms. The Morgan fingerprint density at radius 2 is 1.74 bits per heavy atom. The number of halogens is 3. The first-order valence-corrected chi connectivity index (χ1v) is 13.9. The van der Waals surface area contributed by atoms with Crippen molar-refractivity contribution >= 4 is 66.7 Å². The highest BCUT2D eigenvalue weighted by atomic mass is 79.9. The average Bonchev–Trinajstić information content (AvgIpc) is 2.74. The van der Waals surface area contributed by atoms with Crippen molar-refractivity contribution in [1.29, 1.82) is 0 Å². The van der Waals surface area contributed by atoms with E-state index in [1.807, 2.05) is 13.8 Å². The summed E-state index contributed by atoms with van der Waals surface area (Å²) in [5, 5.41) is 3.60. The lowest BCUT2D eigenvalue weighted by molar-refractivity contribution is -0.139. The van der Waals surface area contributed by atoms with Crippen LogP contribution in [0.4, 0.5) is 5.69 Å². The number of benzene rings is 2. The summed E-state index contributed by atoms with van der Waals surface area (Å²) in [4.78, 5) is 27.7. The third-order valence-electron chi connectivity index (χ3n) is 5.01. The highest BCUT2D eigenvalue weighted by molar-refractivity contribution is 9.10. The van der Waals surface area contributed by atoms with Gasteiger partial charge in [-0.2, -0.15) is 0 Å². The maximum Gasteiger partial charge on any atom is 0.244 e. The fourth-order valence-electron chi connectivity index (χ4n) is 3.12. The van der Waals surface area contributed by atoms with Crippen LogP contribution in [0, 0.1) is 5.92 Å². The van der Waals surface area contributed by atoms with E-state index in [2.05, 4.69) is 21.2 Å². The van der Waals surface area contributed by atoms with Crippen LogP contribution in [-0.4, -0.2) is 50.5 Å². The molecule has 1 atom stereocenters. The molecule has 0 aliphatic heterocycles. The topological polar surface area (TPSA) is 86.8 Å². The second-order valence-corrected chi connectivity index (χ2v) is 11.9. The summed E-state index contributed by atoms with van der Waals surface area (Å²) in [7, 11) is -3.81. The number of nitrogens with one attached hydrogen (secondary N) is 1. The van der Waals surface area contributed by atoms with E-state index in [4.69, 9.17) is 23.2 Å². The Morgan fingerprint density at radius 3 is 2.29 bits per heavy atom. The highest BCUT2D eigenvalue weighted by Gasteiger charge is 2.31. The van der Waals surface area contributed by atoms with Gasteiger partial charge in [-0.15, -0.1) is 0 Å². The van der Waals surface area contributed by atoms with Crippen molar-refractivity contribution in [2.75, 3.05) is 23.7 Å². The third kappa shape index (κ3) is 7.86. The maximum absolute atomic E-state index is 13.5. The van der Waals surface area contributed by atoms with Crippen molar-refractivity contribution in [1.82, 2.24) is 10.2 Å². The van der Waals surface area contributed by atoms with E-state index >= 15 is 0 Å². The molecule has 0 spiro atoms. The Bertz CT molecular complexity index is 1140. The number of sulfonamides is 1. The summed E-state index contributed by atoms with van der Waals surface area (Å²) < 4.78 is 26.7. The van der Waals surface area contributed by atoms with Gasteiger partial charge in [-0.3, -0.25) is 13.9 Å². The molecule has 2 rings (SSSR count). The van der Waals surface area contributed by atoms with Gasteiger partial charge in [0.2, 0.25) is 21.8 Å². The number of amides is 2. The molecule has 7 nitrogen and oxygen atoms in total. The van der Waals surface area contributed by atoms with Crippen LogP contribution in [0.25, 0.3) is 0 Å². The fraction of sp³-hybridized carbons (Fsp3) is 0.391. The first-order chi connectivity index (χ1) is 15.8. The highest BCUT2D eigenvalue weighted by Crippen LogP contribution is 2.28. The van der Waals surface area contributed by atoms with E-state index in [9.17, 15) is 18.0 Å². The van der Waals surface area contributed by atoms with Crippen molar-refractivity contribution in [2.24, 2.45) is 5.92 Å². The van der Waals surface area contributed by atoms with E-state index in [0.29, 0.717) is 32.3 Å². The van der Waals surface area contributed by atoms with Crippen molar-refractivity contribution in [2.45, 2.75) is 33.4 Å². The van der Waals surface area contributed by atoms with Crippen LogP contribution in [0.2, 0.25) is 10.0 Å². The predicted octanol–water partition coefficient (Wildman–Crippen LogP) is 4.71. The first kappa shape index (κ1) is 28.4. The first-order valence-electron chi connectivity index (χ1n) is 10.5. The van der Waals surface area contributed by atoms with Crippen LogP contribution in [0.1, 0.15) is 26.3 Å². The van der Waals surface area contributed by atoms with E-state index in [-0.39, 0.29) is 18.4 Å². The number of carbonyl (C=O) groups is 2. The van der Waals surface area contributed by atoms with Gasteiger partial charge in [0, 0.05) is 27.6 Å². The smallest absolute Gasteiger partial charge is 0.244 e. The monoisotopic (exact) mass is 591 g/mol. The van der Waals surface area contributed by atoms with Gasteiger partial charge in [-0.1, -0.05) is 55.2 Å². The zero-order valence-corrected chi connectivity index (χ0v) is 23.3. The van der Waals surface area contributed by atoms with Gasteiger partial charge in [0.25, 0.3) is 0 Å². The molecule has 0 saturated heterocycles. The molecule has 11 heteroatoms. The fourth-order valence-corrected chi connectivity index (χ4v) is 5.06. The van der Waals surface area contributed by atoms with E-state index in [0.717, 1.165) is 10.6 Å². The van der Waals surface area contributed by atoms with Crippen molar-refractivity contribution < 1.29 is 18.0 Å². The van der Waals surface area contributed by atoms with Crippen LogP contribution in [0.5, 0.6) is 0 Å². The standard InChI is InChI=1S/C23H28BrCl2N3O4S/c1-15(2)12-27-23(31)16(3)28(13-17-9-10-18(25)11-20(17)26)22(30)14-29(34(4,32)33)21-8-6-5-7-19(21)24/h5-11,15-16H,12-14H2,1-4H3,(H,27,31)/t16-/m1/s1. The van der Waals surface area contributed by atoms with Gasteiger partial charge < -0.3 is 10.2 Å². The number of hydrogen-bond acceptors (Lipinski definition) is 4. The second kappa shape index (κ2) is 12.2. The zero-order valence-electron chi connectivity index (χ0n) is 19.4. The molecule has 1 N–H and O–H groups in total. The van der Waals surface area contributed by atoms with E-state index in [1.165, 1.54) is 4.90 Å². The second-order valence-electron chi connectivity index (χ2n) is 8.29. The quantitative estimate of drug-likeness (QED) is 0.433. The lowest BCUT2D eigenvalue weighted by atomic mass is 10.1. The van der Waals surface area contributed by atoms with Crippen LogP contribution in [0.15, 0.2) is 46.9 Å². The molecule has 0 radical (unpaired) electrons. The lowest BCUT2D eigenvalue weighted by Crippen LogP contribution is -2.51. The number of nitrogens with zero attached hydrogens (tertiary/aromatic N) is 2. The molecule has 2 aromatic carbocycles. The molecule has 0 saturated carbocycles. The van der Waals surface area contributed by atoms with Gasteiger partial charge in [0.1, 0.15) is 12.6 Å². The Hall–Kier alpha value is -1.81. The molecule has 0 aromatic heterocycles. The lowest BCUT2D eigenvalue weighted by Gasteiger charge is -2.32. The number of rotatable bonds is 10. The van der Waals surface area contributed by atoms with Crippen LogP contribution in [0.3, 0.4) is 0 Å². The largest absolute Gasteiger partial charge is 0.354 e. The van der Waals surface area contributed by atoms with Crippen LogP contribution < -0.4 is 9.62 Å². The van der Waals surface area contributed by atoms with Gasteiger partial charge in [0.15, 0.2) is 0 Å². The molecule has 0 aliphatic rings. The SMILES string of the molecule is CC(C)CNC(=O)[C@@H](C)N(Cc1ccc(Cl)cc1Cl)C(=O)CN(c1ccccc1Br)S(C)(=O)=O. The number of carbonyl (C=O) groups excluding carboxylic acids is 2. The maximum atomic E-state index is 13.5. The van der Waals surface area contributed by atoms with Crippen molar-refractivity contribution in [3.63, 3.8) is 0 Å². The molecule has 2 aromatic rings. The number of anilines is 1. The van der Waals surface area contributed by atoms with Crippen LogP contribution >= 0.6 is 39.1 Å². The molecule has 186 valence electrons. The molecular formula is C23H28BrCl2N3O4S. The molecular weight excluding hydrogens is 565 g/mol. The molecule has 0 aliphatic carbocycles. The minimum atomic E-state index is -3.81. The molecule has 0 unspecified atom stereocenters. The molecule has 0 heterocycles. The van der Waals surface area contributed by atoms with Gasteiger partial charge >= 0.3 is 0 Å². The summed E-state index contributed by atoms with van der Waals surface area (Å²) in [6, 6.07) is 10.7. The Labute approximate surface area is 219 Å². The van der Waals surface area contributed by atoms with Crippen LogP contribution in [-0.2, 0) is 26.2 Å². The van der Waals surface area contributed by atoms with Gasteiger partial charge in [-0.25, -0.2) is 8.42 Å². The molecule has 2 amide bonds. The summed E-state index contributed by atoms with van der Waals surface area (Å²) in [5.41, 5.74) is 0.898. The number of para-hydroxylation sites is 1. The summed E-state index contributed by atoms with van der Waals surface area (Å²) in [6.07, 6.45) is 1.03. The third-order valence-corrected chi connectivity index (χ3v) is 7.39. The normalized spacial score (nSPS) is 12.4. The zero-order chi connectivity index (χ0) is 25.6. The summed E-state index contributed by atoms with van der Waals surface area (Å²) in [5.74, 6) is -0.680. The Kier molecular flexibility index (Phi) is 10.2. The van der Waals surface area contributed by atoms with Crippen molar-refractivity contribution in [3.05, 3.63) is 62.5 Å². The summed E-state index contributed by atoms with van der Waals surface area (Å²) in [6.45, 7) is 5.47. The predicted molar refractivity (Wildman–Crippen MR) is 141 cm³/mol. The van der Waals surface area contributed by atoms with E-state index < -0.39 is 28.5 Å². The van der Waals surface area contributed by atoms with Gasteiger partial charge in [-0.05, 0) is 58.6 Å². The Morgan fingerprint density at radius 1 is 1.09 bits per heavy atom. The summed E-state index contributed by atoms with van der Waals surface area (Å²) >= 11 is 15.7.